The van der Waals surface area contributed by atoms with Crippen LogP contribution in [0.5, 0.6) is 0 Å². The first-order valence-corrected chi connectivity index (χ1v) is 10.1. The zero-order chi connectivity index (χ0) is 19.0. The second kappa shape index (κ2) is 7.13. The lowest BCUT2D eigenvalue weighted by Gasteiger charge is -2.52. The molecule has 1 aromatic rings. The lowest BCUT2D eigenvalue weighted by molar-refractivity contribution is -0.141. The van der Waals surface area contributed by atoms with Gasteiger partial charge in [0.1, 0.15) is 5.82 Å². The fourth-order valence-corrected chi connectivity index (χ4v) is 4.99. The average Bonchev–Trinajstić information content (AvgIpc) is 3.41. The summed E-state index contributed by atoms with van der Waals surface area (Å²) in [5.41, 5.74) is 0.760. The first kappa shape index (κ1) is 18.3. The van der Waals surface area contributed by atoms with Gasteiger partial charge in [-0.05, 0) is 37.0 Å². The van der Waals surface area contributed by atoms with Gasteiger partial charge in [-0.15, -0.1) is 0 Å². The molecule has 1 aromatic carbocycles. The lowest BCUT2D eigenvalue weighted by Crippen LogP contribution is -2.66. The molecule has 4 rings (SSSR count). The van der Waals surface area contributed by atoms with Crippen LogP contribution in [0.3, 0.4) is 0 Å². The topological polar surface area (TPSA) is 52.7 Å². The van der Waals surface area contributed by atoms with E-state index in [0.29, 0.717) is 19.6 Å². The highest BCUT2D eigenvalue weighted by atomic mass is 19.1. The fourth-order valence-electron chi connectivity index (χ4n) is 4.99. The summed E-state index contributed by atoms with van der Waals surface area (Å²) in [5, 5.41) is 3.12. The van der Waals surface area contributed by atoms with Crippen LogP contribution in [-0.4, -0.2) is 53.0 Å². The second-order valence-electron chi connectivity index (χ2n) is 8.33. The summed E-state index contributed by atoms with van der Waals surface area (Å²) in [6.45, 7) is 3.45. The van der Waals surface area contributed by atoms with Crippen molar-refractivity contribution in [3.8, 4) is 0 Å². The maximum absolute atomic E-state index is 13.4. The third-order valence-electron chi connectivity index (χ3n) is 6.48. The molecule has 1 saturated heterocycles. The van der Waals surface area contributed by atoms with Gasteiger partial charge < -0.3 is 15.1 Å². The van der Waals surface area contributed by atoms with Crippen molar-refractivity contribution in [2.75, 3.05) is 19.6 Å². The molecular formula is C21H28FN3O2. The van der Waals surface area contributed by atoms with Gasteiger partial charge >= 0.3 is 6.03 Å². The molecule has 0 unspecified atom stereocenters. The smallest absolute Gasteiger partial charge is 0.317 e. The number of amides is 3. The molecule has 1 aliphatic heterocycles. The van der Waals surface area contributed by atoms with Crippen LogP contribution in [0.2, 0.25) is 0 Å². The highest BCUT2D eigenvalue weighted by molar-refractivity contribution is 5.77. The average molecular weight is 373 g/mol. The van der Waals surface area contributed by atoms with E-state index in [1.807, 2.05) is 15.9 Å². The molecule has 0 radical (unpaired) electrons. The Morgan fingerprint density at radius 1 is 1.19 bits per heavy atom. The molecule has 5 nitrogen and oxygen atoms in total. The minimum atomic E-state index is -0.232. The molecule has 2 saturated carbocycles. The molecule has 3 aliphatic rings. The Morgan fingerprint density at radius 3 is 2.67 bits per heavy atom. The third kappa shape index (κ3) is 3.66. The van der Waals surface area contributed by atoms with Crippen LogP contribution in [0.15, 0.2) is 24.3 Å². The molecule has 3 fully saturated rings. The SMILES string of the molecule is CC(=O)N1CCN(C(=O)N[C@@H]2C[C@H]2c2cccc(F)c2)CC12CCCCC2. The van der Waals surface area contributed by atoms with Crippen LogP contribution in [0.25, 0.3) is 0 Å². The van der Waals surface area contributed by atoms with Gasteiger partial charge in [0.25, 0.3) is 0 Å². The molecule has 27 heavy (non-hydrogen) atoms. The summed E-state index contributed by atoms with van der Waals surface area (Å²) in [7, 11) is 0. The molecule has 0 aromatic heterocycles. The van der Waals surface area contributed by atoms with E-state index < -0.39 is 0 Å². The van der Waals surface area contributed by atoms with Gasteiger partial charge in [0, 0.05) is 38.5 Å². The molecule has 3 amide bonds. The molecular weight excluding hydrogens is 345 g/mol. The summed E-state index contributed by atoms with van der Waals surface area (Å²) < 4.78 is 13.4. The number of halogens is 1. The predicted octanol–water partition coefficient (Wildman–Crippen LogP) is 3.26. The number of urea groups is 1. The first-order valence-electron chi connectivity index (χ1n) is 10.1. The van der Waals surface area contributed by atoms with E-state index in [1.165, 1.54) is 12.5 Å². The Bertz CT molecular complexity index is 732. The van der Waals surface area contributed by atoms with E-state index in [9.17, 15) is 14.0 Å². The Morgan fingerprint density at radius 2 is 1.96 bits per heavy atom. The van der Waals surface area contributed by atoms with Crippen molar-refractivity contribution in [3.05, 3.63) is 35.6 Å². The highest BCUT2D eigenvalue weighted by Crippen LogP contribution is 2.41. The number of nitrogens with one attached hydrogen (secondary N) is 1. The summed E-state index contributed by atoms with van der Waals surface area (Å²) in [6.07, 6.45) is 6.25. The Labute approximate surface area is 159 Å². The maximum atomic E-state index is 13.4. The van der Waals surface area contributed by atoms with E-state index in [-0.39, 0.29) is 35.3 Å². The normalized spacial score (nSPS) is 26.7. The zero-order valence-electron chi connectivity index (χ0n) is 15.9. The molecule has 146 valence electrons. The number of rotatable bonds is 2. The molecule has 1 spiro atoms. The van der Waals surface area contributed by atoms with Crippen molar-refractivity contribution < 1.29 is 14.0 Å². The van der Waals surface area contributed by atoms with Crippen LogP contribution in [0, 0.1) is 5.82 Å². The quantitative estimate of drug-likeness (QED) is 0.865. The van der Waals surface area contributed by atoms with E-state index in [0.717, 1.165) is 37.7 Å². The number of nitrogens with zero attached hydrogens (tertiary/aromatic N) is 2. The van der Waals surface area contributed by atoms with Gasteiger partial charge in [-0.2, -0.15) is 0 Å². The van der Waals surface area contributed by atoms with Crippen LogP contribution in [0.4, 0.5) is 9.18 Å². The number of piperazine rings is 1. The number of carbonyl (C=O) groups is 2. The summed E-state index contributed by atoms with van der Waals surface area (Å²) in [4.78, 5) is 28.9. The van der Waals surface area contributed by atoms with Crippen LogP contribution < -0.4 is 5.32 Å². The first-order chi connectivity index (χ1) is 13.0. The number of hydrogen-bond donors (Lipinski definition) is 1. The Balaban J connectivity index is 1.39. The van der Waals surface area contributed by atoms with Crippen molar-refractivity contribution in [2.24, 2.45) is 0 Å². The van der Waals surface area contributed by atoms with E-state index in [2.05, 4.69) is 5.32 Å². The van der Waals surface area contributed by atoms with Crippen molar-refractivity contribution >= 4 is 11.9 Å². The minimum absolute atomic E-state index is 0.0490. The van der Waals surface area contributed by atoms with Gasteiger partial charge in [0.05, 0.1) is 5.54 Å². The van der Waals surface area contributed by atoms with Crippen LogP contribution >= 0.6 is 0 Å². The van der Waals surface area contributed by atoms with E-state index >= 15 is 0 Å². The summed E-state index contributed by atoms with van der Waals surface area (Å²) in [6, 6.07) is 6.66. The zero-order valence-corrected chi connectivity index (χ0v) is 15.9. The van der Waals surface area contributed by atoms with Crippen molar-refractivity contribution in [1.82, 2.24) is 15.1 Å². The molecule has 1 heterocycles. The molecule has 2 aliphatic carbocycles. The van der Waals surface area contributed by atoms with Gasteiger partial charge in [-0.3, -0.25) is 4.79 Å². The molecule has 6 heteroatoms. The summed E-state index contributed by atoms with van der Waals surface area (Å²) >= 11 is 0. The lowest BCUT2D eigenvalue weighted by atomic mass is 9.78. The van der Waals surface area contributed by atoms with Crippen molar-refractivity contribution in [2.45, 2.75) is 62.9 Å². The fraction of sp³-hybridized carbons (Fsp3) is 0.619. The molecule has 0 bridgehead atoms. The Hall–Kier alpha value is -2.11. The summed E-state index contributed by atoms with van der Waals surface area (Å²) in [5.74, 6) is 0.0844. The van der Waals surface area contributed by atoms with Crippen molar-refractivity contribution in [1.29, 1.82) is 0 Å². The maximum Gasteiger partial charge on any atom is 0.317 e. The standard InChI is InChI=1S/C21H28FN3O2/c1-15(26)25-11-10-24(14-21(25)8-3-2-4-9-21)20(27)23-19-13-18(19)16-6-5-7-17(22)12-16/h5-7,12,18-19H,2-4,8-11,13-14H2,1H3,(H,23,27)/t18-,19+/m0/s1. The van der Waals surface area contributed by atoms with Crippen LogP contribution in [-0.2, 0) is 4.79 Å². The highest BCUT2D eigenvalue weighted by Gasteiger charge is 2.46. The number of hydrogen-bond acceptors (Lipinski definition) is 2. The predicted molar refractivity (Wildman–Crippen MR) is 101 cm³/mol. The third-order valence-corrected chi connectivity index (χ3v) is 6.48. The van der Waals surface area contributed by atoms with E-state index in [4.69, 9.17) is 0 Å². The van der Waals surface area contributed by atoms with Gasteiger partial charge in [-0.1, -0.05) is 31.4 Å². The van der Waals surface area contributed by atoms with Crippen LogP contribution in [0.1, 0.15) is 56.9 Å². The van der Waals surface area contributed by atoms with Gasteiger partial charge in [-0.25, -0.2) is 9.18 Å². The number of carbonyl (C=O) groups excluding carboxylic acids is 2. The minimum Gasteiger partial charge on any atom is -0.335 e. The molecule has 2 atom stereocenters. The Kier molecular flexibility index (Phi) is 4.82. The monoisotopic (exact) mass is 373 g/mol. The molecule has 1 N–H and O–H groups in total. The van der Waals surface area contributed by atoms with Crippen molar-refractivity contribution in [3.63, 3.8) is 0 Å². The van der Waals surface area contributed by atoms with Gasteiger partial charge in [0.2, 0.25) is 5.91 Å². The number of benzene rings is 1. The largest absolute Gasteiger partial charge is 0.335 e. The van der Waals surface area contributed by atoms with E-state index in [1.54, 1.807) is 19.1 Å². The second-order valence-corrected chi connectivity index (χ2v) is 8.33. The van der Waals surface area contributed by atoms with Gasteiger partial charge in [0.15, 0.2) is 0 Å².